The van der Waals surface area contributed by atoms with E-state index in [1.165, 1.54) is 0 Å². The molecule has 0 atom stereocenters. The highest BCUT2D eigenvalue weighted by Crippen LogP contribution is 2.34. The Morgan fingerprint density at radius 1 is 1.38 bits per heavy atom. The van der Waals surface area contributed by atoms with Crippen molar-refractivity contribution >= 4 is 34.2 Å². The second-order valence-corrected chi connectivity index (χ2v) is 6.51. The number of amides is 1. The van der Waals surface area contributed by atoms with Crippen molar-refractivity contribution in [2.45, 2.75) is 26.4 Å². The first-order chi connectivity index (χ1) is 10.0. The molecule has 5 nitrogen and oxygen atoms in total. The average molecular weight is 397 g/mol. The summed E-state index contributed by atoms with van der Waals surface area (Å²) in [6.07, 6.45) is 1.94. The van der Waals surface area contributed by atoms with Crippen molar-refractivity contribution < 1.29 is 9.53 Å². The van der Waals surface area contributed by atoms with E-state index in [9.17, 15) is 4.79 Å². The Morgan fingerprint density at radius 3 is 2.90 bits per heavy atom. The number of benzene rings is 1. The van der Waals surface area contributed by atoms with Gasteiger partial charge in [-0.15, -0.1) is 0 Å². The summed E-state index contributed by atoms with van der Waals surface area (Å²) in [5.41, 5.74) is 1.69. The molecule has 0 N–H and O–H groups in total. The van der Waals surface area contributed by atoms with Crippen molar-refractivity contribution in [2.24, 2.45) is 0 Å². The van der Waals surface area contributed by atoms with Crippen molar-refractivity contribution in [3.05, 3.63) is 39.7 Å². The molecule has 1 aromatic heterocycles. The van der Waals surface area contributed by atoms with E-state index in [-0.39, 0.29) is 12.5 Å². The van der Waals surface area contributed by atoms with Crippen LogP contribution < -0.4 is 9.64 Å². The van der Waals surface area contributed by atoms with E-state index in [2.05, 4.69) is 41.5 Å². The lowest BCUT2D eigenvalue weighted by Gasteiger charge is -2.28. The van der Waals surface area contributed by atoms with Crippen molar-refractivity contribution in [1.82, 2.24) is 9.78 Å². The van der Waals surface area contributed by atoms with Crippen LogP contribution in [-0.4, -0.2) is 22.3 Å². The molecule has 21 heavy (non-hydrogen) atoms. The van der Waals surface area contributed by atoms with Crippen molar-refractivity contribution in [3.8, 4) is 5.75 Å². The van der Waals surface area contributed by atoms with Gasteiger partial charge < -0.3 is 4.74 Å². The molecule has 0 fully saturated rings. The fourth-order valence-corrected chi connectivity index (χ4v) is 2.73. The molecule has 0 saturated carbocycles. The lowest BCUT2D eigenvalue weighted by molar-refractivity contribution is -0.121. The second kappa shape index (κ2) is 5.67. The summed E-state index contributed by atoms with van der Waals surface area (Å²) in [6, 6.07) is 8.11. The van der Waals surface area contributed by atoms with Gasteiger partial charge in [-0.3, -0.25) is 14.4 Å². The third-order valence-corrected chi connectivity index (χ3v) is 4.05. The maximum atomic E-state index is 12.2. The van der Waals surface area contributed by atoms with Crippen LogP contribution in [0.15, 0.2) is 30.5 Å². The number of ether oxygens (including phenoxy) is 1. The van der Waals surface area contributed by atoms with E-state index in [0.717, 1.165) is 20.7 Å². The monoisotopic (exact) mass is 397 g/mol. The molecular formula is C15H16IN3O2. The average Bonchev–Trinajstić information content (AvgIpc) is 2.91. The predicted octanol–water partition coefficient (Wildman–Crippen LogP) is 2.99. The third-order valence-electron chi connectivity index (χ3n) is 3.38. The SMILES string of the molecule is CC(C)n1ccc(CN2C(=O)COc3cc(I)ccc32)n1. The summed E-state index contributed by atoms with van der Waals surface area (Å²) in [4.78, 5) is 13.9. The van der Waals surface area contributed by atoms with E-state index in [1.807, 2.05) is 35.1 Å². The third kappa shape index (κ3) is 2.90. The Labute approximate surface area is 137 Å². The van der Waals surface area contributed by atoms with Gasteiger partial charge in [0, 0.05) is 15.8 Å². The van der Waals surface area contributed by atoms with E-state index in [0.29, 0.717) is 12.6 Å². The molecule has 6 heteroatoms. The van der Waals surface area contributed by atoms with Crippen LogP contribution in [0.4, 0.5) is 5.69 Å². The van der Waals surface area contributed by atoms with Crippen LogP contribution in [0.25, 0.3) is 0 Å². The lowest BCUT2D eigenvalue weighted by Crippen LogP contribution is -2.38. The largest absolute Gasteiger partial charge is 0.482 e. The molecule has 0 spiro atoms. The van der Waals surface area contributed by atoms with E-state index >= 15 is 0 Å². The Kier molecular flexibility index (Phi) is 3.88. The molecule has 2 aromatic rings. The smallest absolute Gasteiger partial charge is 0.265 e. The first kappa shape index (κ1) is 14.4. The van der Waals surface area contributed by atoms with Crippen molar-refractivity contribution in [1.29, 1.82) is 0 Å². The summed E-state index contributed by atoms with van der Waals surface area (Å²) in [7, 11) is 0. The van der Waals surface area contributed by atoms with Gasteiger partial charge in [-0.2, -0.15) is 5.10 Å². The van der Waals surface area contributed by atoms with Gasteiger partial charge in [-0.25, -0.2) is 0 Å². The summed E-state index contributed by atoms with van der Waals surface area (Å²) in [6.45, 7) is 4.70. The fourth-order valence-electron chi connectivity index (χ4n) is 2.26. The van der Waals surface area contributed by atoms with E-state index in [4.69, 9.17) is 4.74 Å². The summed E-state index contributed by atoms with van der Waals surface area (Å²) < 4.78 is 8.49. The second-order valence-electron chi connectivity index (χ2n) is 5.26. The van der Waals surface area contributed by atoms with Crippen LogP contribution in [-0.2, 0) is 11.3 Å². The Hall–Kier alpha value is -1.57. The van der Waals surface area contributed by atoms with Gasteiger partial charge in [0.05, 0.1) is 17.9 Å². The van der Waals surface area contributed by atoms with Gasteiger partial charge in [0.25, 0.3) is 5.91 Å². The zero-order valence-electron chi connectivity index (χ0n) is 11.9. The molecule has 1 aliphatic rings. The number of aromatic nitrogens is 2. The van der Waals surface area contributed by atoms with Crippen LogP contribution in [0.3, 0.4) is 0 Å². The number of nitrogens with zero attached hydrogens (tertiary/aromatic N) is 3. The van der Waals surface area contributed by atoms with Gasteiger partial charge in [-0.1, -0.05) is 0 Å². The number of halogens is 1. The number of carbonyl (C=O) groups is 1. The summed E-state index contributed by atoms with van der Waals surface area (Å²) >= 11 is 2.23. The highest BCUT2D eigenvalue weighted by molar-refractivity contribution is 14.1. The summed E-state index contributed by atoms with van der Waals surface area (Å²) in [5.74, 6) is 0.715. The molecule has 110 valence electrons. The molecule has 0 bridgehead atoms. The molecule has 0 aliphatic carbocycles. The van der Waals surface area contributed by atoms with Gasteiger partial charge in [-0.05, 0) is 60.7 Å². The number of rotatable bonds is 3. The molecule has 1 aromatic carbocycles. The van der Waals surface area contributed by atoms with Gasteiger partial charge in [0.15, 0.2) is 6.61 Å². The van der Waals surface area contributed by atoms with E-state index in [1.54, 1.807) is 4.90 Å². The van der Waals surface area contributed by atoms with Crippen LogP contribution in [0.2, 0.25) is 0 Å². The fraction of sp³-hybridized carbons (Fsp3) is 0.333. The standard InChI is InChI=1S/C15H16IN3O2/c1-10(2)19-6-5-12(17-19)8-18-13-4-3-11(16)7-14(13)21-9-15(18)20/h3-7,10H,8-9H2,1-2H3. The number of hydrogen-bond acceptors (Lipinski definition) is 3. The molecular weight excluding hydrogens is 381 g/mol. The predicted molar refractivity (Wildman–Crippen MR) is 88.5 cm³/mol. The highest BCUT2D eigenvalue weighted by atomic mass is 127. The minimum atomic E-state index is -0.0391. The first-order valence-electron chi connectivity index (χ1n) is 6.81. The highest BCUT2D eigenvalue weighted by Gasteiger charge is 2.26. The van der Waals surface area contributed by atoms with Crippen molar-refractivity contribution in [2.75, 3.05) is 11.5 Å². The van der Waals surface area contributed by atoms with Crippen LogP contribution >= 0.6 is 22.6 Å². The Bertz CT molecular complexity index is 681. The van der Waals surface area contributed by atoms with Crippen LogP contribution in [0.1, 0.15) is 25.6 Å². The number of carbonyl (C=O) groups excluding carboxylic acids is 1. The minimum Gasteiger partial charge on any atom is -0.482 e. The minimum absolute atomic E-state index is 0.0391. The zero-order chi connectivity index (χ0) is 15.0. The van der Waals surface area contributed by atoms with Gasteiger partial charge in [0.1, 0.15) is 5.75 Å². The zero-order valence-corrected chi connectivity index (χ0v) is 14.1. The van der Waals surface area contributed by atoms with Gasteiger partial charge >= 0.3 is 0 Å². The number of hydrogen-bond donors (Lipinski definition) is 0. The molecule has 2 heterocycles. The first-order valence-corrected chi connectivity index (χ1v) is 7.89. The quantitative estimate of drug-likeness (QED) is 0.749. The van der Waals surface area contributed by atoms with Crippen molar-refractivity contribution in [3.63, 3.8) is 0 Å². The topological polar surface area (TPSA) is 47.4 Å². The molecule has 0 unspecified atom stereocenters. The maximum absolute atomic E-state index is 12.2. The lowest BCUT2D eigenvalue weighted by atomic mass is 10.2. The molecule has 0 saturated heterocycles. The normalized spacial score (nSPS) is 14.3. The number of fused-ring (bicyclic) bond motifs is 1. The van der Waals surface area contributed by atoms with Gasteiger partial charge in [0.2, 0.25) is 0 Å². The van der Waals surface area contributed by atoms with Crippen LogP contribution in [0.5, 0.6) is 5.75 Å². The summed E-state index contributed by atoms with van der Waals surface area (Å²) in [5, 5.41) is 4.51. The van der Waals surface area contributed by atoms with E-state index < -0.39 is 0 Å². The molecule has 0 radical (unpaired) electrons. The number of anilines is 1. The van der Waals surface area contributed by atoms with Crippen LogP contribution in [0, 0.1) is 3.57 Å². The molecule has 1 aliphatic heterocycles. The molecule has 1 amide bonds. The Balaban J connectivity index is 1.89. The molecule has 3 rings (SSSR count). The maximum Gasteiger partial charge on any atom is 0.265 e. The Morgan fingerprint density at radius 2 is 2.19 bits per heavy atom.